The molecule has 0 aliphatic rings. The molecule has 0 aliphatic carbocycles. The summed E-state index contributed by atoms with van der Waals surface area (Å²) >= 11 is 0. The minimum absolute atomic E-state index is 0.00392. The normalized spacial score (nSPS) is 14.9. The van der Waals surface area contributed by atoms with Crippen LogP contribution in [0.2, 0.25) is 0 Å². The van der Waals surface area contributed by atoms with Crippen LogP contribution in [-0.2, 0) is 18.4 Å². The number of amides is 1. The standard InChI is InChI=1S/C42H81N2O6P/c1-6-8-10-12-14-16-18-20-22-24-26-28-30-32-34-36-42(46)43-40(39-50-51(47,48)49-38-37-44(3,4)5)41(45)35-33-31-29-27-25-23-21-19-17-15-13-11-9-7-2/h14,16,18,20,33,35,40-41,45H,6-13,15,17,19,21-32,34,36-39H2,1-5H3,(H-,43,46,47,48)/b16-14-,20-18-,35-33+. The molecule has 0 saturated heterocycles. The number of nitrogens with one attached hydrogen (secondary N) is 1. The Bertz CT molecular complexity index is 933. The van der Waals surface area contributed by atoms with Crippen molar-refractivity contribution < 1.29 is 32.9 Å². The van der Waals surface area contributed by atoms with Crippen LogP contribution in [0.1, 0.15) is 174 Å². The summed E-state index contributed by atoms with van der Waals surface area (Å²) < 4.78 is 23.1. The number of phosphoric acid groups is 1. The Kier molecular flexibility index (Phi) is 33.6. The van der Waals surface area contributed by atoms with Crippen molar-refractivity contribution >= 4 is 13.7 Å². The van der Waals surface area contributed by atoms with Crippen LogP contribution in [0, 0.1) is 0 Å². The number of carbonyl (C=O) groups is 1. The summed E-state index contributed by atoms with van der Waals surface area (Å²) in [5.41, 5.74) is 0. The molecule has 0 aromatic rings. The second-order valence-corrected chi connectivity index (χ2v) is 16.8. The Morgan fingerprint density at radius 3 is 1.63 bits per heavy atom. The van der Waals surface area contributed by atoms with E-state index in [9.17, 15) is 19.4 Å². The van der Waals surface area contributed by atoms with Gasteiger partial charge in [0.15, 0.2) is 0 Å². The number of carbonyl (C=O) groups excluding carboxylic acids is 1. The molecule has 1 amide bonds. The summed E-state index contributed by atoms with van der Waals surface area (Å²) in [5, 5.41) is 13.7. The van der Waals surface area contributed by atoms with Gasteiger partial charge in [-0.2, -0.15) is 0 Å². The summed E-state index contributed by atoms with van der Waals surface area (Å²) in [6.07, 6.45) is 40.3. The number of likely N-dealkylation sites (N-methyl/N-ethyl adjacent to an activating group) is 1. The molecule has 0 rings (SSSR count). The van der Waals surface area contributed by atoms with Gasteiger partial charge in [-0.1, -0.05) is 159 Å². The van der Waals surface area contributed by atoms with E-state index >= 15 is 0 Å². The first-order valence-corrected chi connectivity index (χ1v) is 22.3. The lowest BCUT2D eigenvalue weighted by Crippen LogP contribution is -2.45. The number of hydrogen-bond acceptors (Lipinski definition) is 6. The molecule has 0 aromatic carbocycles. The molecule has 300 valence electrons. The molecule has 0 aromatic heterocycles. The molecule has 0 bridgehead atoms. The van der Waals surface area contributed by atoms with Crippen LogP contribution in [0.5, 0.6) is 0 Å². The highest BCUT2D eigenvalue weighted by atomic mass is 31.2. The van der Waals surface area contributed by atoms with E-state index in [1.54, 1.807) is 6.08 Å². The van der Waals surface area contributed by atoms with E-state index in [1.165, 1.54) is 96.3 Å². The minimum Gasteiger partial charge on any atom is -0.756 e. The Labute approximate surface area is 315 Å². The average molecular weight is 741 g/mol. The zero-order valence-electron chi connectivity index (χ0n) is 33.8. The van der Waals surface area contributed by atoms with Crippen LogP contribution in [0.4, 0.5) is 0 Å². The van der Waals surface area contributed by atoms with E-state index in [-0.39, 0.29) is 19.1 Å². The maximum Gasteiger partial charge on any atom is 0.268 e. The highest BCUT2D eigenvalue weighted by Crippen LogP contribution is 2.38. The number of aliphatic hydroxyl groups is 1. The number of allylic oxidation sites excluding steroid dienone is 5. The van der Waals surface area contributed by atoms with Crippen molar-refractivity contribution in [2.45, 2.75) is 187 Å². The fraction of sp³-hybridized carbons (Fsp3) is 0.833. The number of rotatable bonds is 37. The van der Waals surface area contributed by atoms with Gasteiger partial charge in [-0.3, -0.25) is 9.36 Å². The molecular formula is C42H81N2O6P. The topological polar surface area (TPSA) is 108 Å². The zero-order valence-corrected chi connectivity index (χ0v) is 34.7. The van der Waals surface area contributed by atoms with Gasteiger partial charge in [0.25, 0.3) is 7.82 Å². The smallest absolute Gasteiger partial charge is 0.268 e. The third-order valence-corrected chi connectivity index (χ3v) is 10.1. The van der Waals surface area contributed by atoms with Gasteiger partial charge in [0.1, 0.15) is 13.2 Å². The van der Waals surface area contributed by atoms with Gasteiger partial charge >= 0.3 is 0 Å². The highest BCUT2D eigenvalue weighted by Gasteiger charge is 2.23. The number of unbranched alkanes of at least 4 members (excludes halogenated alkanes) is 21. The van der Waals surface area contributed by atoms with Crippen molar-refractivity contribution in [2.24, 2.45) is 0 Å². The molecule has 8 nitrogen and oxygen atoms in total. The maximum atomic E-state index is 12.8. The SMILES string of the molecule is CCCCC/C=C\C=C/CCCCCCCCC(=O)NC(COP(=O)([O-])OCC[N+](C)(C)C)C(O)/C=C/CCCCCCCCCCCCCC. The summed E-state index contributed by atoms with van der Waals surface area (Å²) in [6.45, 7) is 4.59. The monoisotopic (exact) mass is 741 g/mol. The Hall–Kier alpha value is -1.28. The van der Waals surface area contributed by atoms with Crippen LogP contribution in [-0.4, -0.2) is 68.5 Å². The van der Waals surface area contributed by atoms with Gasteiger partial charge in [-0.15, -0.1) is 0 Å². The van der Waals surface area contributed by atoms with Crippen LogP contribution in [0.3, 0.4) is 0 Å². The molecule has 0 aliphatic heterocycles. The van der Waals surface area contributed by atoms with E-state index < -0.39 is 20.0 Å². The first kappa shape index (κ1) is 49.7. The average Bonchev–Trinajstić information content (AvgIpc) is 3.07. The third kappa shape index (κ3) is 36.9. The van der Waals surface area contributed by atoms with Crippen molar-refractivity contribution in [1.82, 2.24) is 5.32 Å². The van der Waals surface area contributed by atoms with Gasteiger partial charge < -0.3 is 28.8 Å². The van der Waals surface area contributed by atoms with Crippen molar-refractivity contribution in [2.75, 3.05) is 40.9 Å². The third-order valence-electron chi connectivity index (χ3n) is 9.12. The lowest BCUT2D eigenvalue weighted by Gasteiger charge is -2.29. The van der Waals surface area contributed by atoms with Crippen LogP contribution >= 0.6 is 7.82 Å². The van der Waals surface area contributed by atoms with E-state index in [2.05, 4.69) is 43.5 Å². The summed E-state index contributed by atoms with van der Waals surface area (Å²) in [4.78, 5) is 25.2. The summed E-state index contributed by atoms with van der Waals surface area (Å²) in [6, 6.07) is -0.890. The molecule has 3 unspecified atom stereocenters. The molecule has 9 heteroatoms. The molecule has 2 N–H and O–H groups in total. The molecule has 51 heavy (non-hydrogen) atoms. The van der Waals surface area contributed by atoms with Crippen LogP contribution in [0.25, 0.3) is 0 Å². The number of aliphatic hydroxyl groups excluding tert-OH is 1. The number of quaternary nitrogens is 1. The van der Waals surface area contributed by atoms with Gasteiger partial charge in [0.2, 0.25) is 5.91 Å². The number of phosphoric ester groups is 1. The lowest BCUT2D eigenvalue weighted by molar-refractivity contribution is -0.870. The predicted octanol–water partition coefficient (Wildman–Crippen LogP) is 10.5. The van der Waals surface area contributed by atoms with Crippen molar-refractivity contribution in [3.05, 3.63) is 36.5 Å². The number of nitrogens with zero attached hydrogens (tertiary/aromatic N) is 1. The largest absolute Gasteiger partial charge is 0.756 e. The predicted molar refractivity (Wildman–Crippen MR) is 215 cm³/mol. The van der Waals surface area contributed by atoms with E-state index in [1.807, 2.05) is 27.2 Å². The zero-order chi connectivity index (χ0) is 37.9. The molecule has 0 heterocycles. The van der Waals surface area contributed by atoms with Gasteiger partial charge in [-0.05, 0) is 44.9 Å². The number of hydrogen-bond donors (Lipinski definition) is 2. The van der Waals surface area contributed by atoms with Gasteiger partial charge in [-0.25, -0.2) is 0 Å². The second-order valence-electron chi connectivity index (χ2n) is 15.4. The van der Waals surface area contributed by atoms with Gasteiger partial charge in [0.05, 0.1) is 39.9 Å². The van der Waals surface area contributed by atoms with E-state index in [0.717, 1.165) is 57.8 Å². The first-order valence-electron chi connectivity index (χ1n) is 20.9. The van der Waals surface area contributed by atoms with Crippen LogP contribution in [0.15, 0.2) is 36.5 Å². The quantitative estimate of drug-likeness (QED) is 0.0216. The highest BCUT2D eigenvalue weighted by molar-refractivity contribution is 7.45. The first-order chi connectivity index (χ1) is 24.5. The molecule has 0 saturated carbocycles. The van der Waals surface area contributed by atoms with Crippen molar-refractivity contribution in [3.63, 3.8) is 0 Å². The summed E-state index contributed by atoms with van der Waals surface area (Å²) in [7, 11) is 1.25. The minimum atomic E-state index is -4.58. The lowest BCUT2D eigenvalue weighted by atomic mass is 10.0. The Morgan fingerprint density at radius 2 is 1.12 bits per heavy atom. The second kappa shape index (κ2) is 34.5. The maximum absolute atomic E-state index is 12.8. The van der Waals surface area contributed by atoms with Crippen LogP contribution < -0.4 is 10.2 Å². The van der Waals surface area contributed by atoms with Gasteiger partial charge in [0, 0.05) is 6.42 Å². The molecular weight excluding hydrogens is 659 g/mol. The fourth-order valence-electron chi connectivity index (χ4n) is 5.73. The van der Waals surface area contributed by atoms with E-state index in [4.69, 9.17) is 9.05 Å². The summed E-state index contributed by atoms with van der Waals surface area (Å²) in [5.74, 6) is -0.212. The molecule has 0 radical (unpaired) electrons. The molecule has 3 atom stereocenters. The molecule has 0 spiro atoms. The fourth-order valence-corrected chi connectivity index (χ4v) is 6.45. The Morgan fingerprint density at radius 1 is 0.686 bits per heavy atom. The van der Waals surface area contributed by atoms with E-state index in [0.29, 0.717) is 17.4 Å². The Balaban J connectivity index is 4.51. The van der Waals surface area contributed by atoms with Crippen molar-refractivity contribution in [1.29, 1.82) is 0 Å². The van der Waals surface area contributed by atoms with Crippen molar-refractivity contribution in [3.8, 4) is 0 Å². The molecule has 0 fully saturated rings.